The molecule has 5 heteroatoms. The maximum Gasteiger partial charge on any atom is 0.317 e. The summed E-state index contributed by atoms with van der Waals surface area (Å²) in [6, 6.07) is 1.27. The number of hydrogen-bond donors (Lipinski definition) is 1. The first-order chi connectivity index (χ1) is 7.94. The molecule has 1 aromatic heterocycles. The standard InChI is InChI=1S/C12H22N4O/c1-12(2,3)8-16(4)11-15-14-10(17-11)7-13-9-5-6-9/h9,13H,5-8H2,1-4H3. The van der Waals surface area contributed by atoms with Crippen molar-refractivity contribution in [3.05, 3.63) is 5.89 Å². The summed E-state index contributed by atoms with van der Waals surface area (Å²) in [4.78, 5) is 2.01. The molecule has 1 saturated carbocycles. The smallest absolute Gasteiger partial charge is 0.317 e. The van der Waals surface area contributed by atoms with E-state index in [4.69, 9.17) is 4.42 Å². The Morgan fingerprint density at radius 1 is 1.35 bits per heavy atom. The summed E-state index contributed by atoms with van der Waals surface area (Å²) in [6.07, 6.45) is 2.54. The molecule has 0 bridgehead atoms. The van der Waals surface area contributed by atoms with Crippen molar-refractivity contribution in [1.82, 2.24) is 15.5 Å². The first-order valence-electron chi connectivity index (χ1n) is 6.21. The minimum Gasteiger partial charge on any atom is -0.407 e. The minimum absolute atomic E-state index is 0.218. The van der Waals surface area contributed by atoms with Crippen LogP contribution in [0.3, 0.4) is 0 Å². The Morgan fingerprint density at radius 3 is 2.65 bits per heavy atom. The van der Waals surface area contributed by atoms with Gasteiger partial charge in [0.1, 0.15) is 0 Å². The van der Waals surface area contributed by atoms with Crippen LogP contribution in [0.25, 0.3) is 0 Å². The third kappa shape index (κ3) is 4.00. The average molecular weight is 238 g/mol. The van der Waals surface area contributed by atoms with E-state index in [-0.39, 0.29) is 5.41 Å². The number of nitrogens with zero attached hydrogens (tertiary/aromatic N) is 3. The average Bonchev–Trinajstić information content (AvgIpc) is 2.90. The van der Waals surface area contributed by atoms with Crippen LogP contribution in [0.1, 0.15) is 39.5 Å². The van der Waals surface area contributed by atoms with Crippen molar-refractivity contribution >= 4 is 6.01 Å². The second-order valence-electron chi connectivity index (χ2n) is 6.05. The Balaban J connectivity index is 1.87. The molecule has 1 N–H and O–H groups in total. The predicted octanol–water partition coefficient (Wildman–Crippen LogP) is 1.80. The molecule has 0 unspecified atom stereocenters. The third-order valence-corrected chi connectivity index (χ3v) is 2.61. The highest BCUT2D eigenvalue weighted by atomic mass is 16.4. The van der Waals surface area contributed by atoms with Gasteiger partial charge in [0.25, 0.3) is 0 Å². The molecule has 1 fully saturated rings. The van der Waals surface area contributed by atoms with Crippen molar-refractivity contribution in [3.63, 3.8) is 0 Å². The van der Waals surface area contributed by atoms with Crippen molar-refractivity contribution in [2.24, 2.45) is 5.41 Å². The molecular weight excluding hydrogens is 216 g/mol. The van der Waals surface area contributed by atoms with Gasteiger partial charge in [0.2, 0.25) is 5.89 Å². The van der Waals surface area contributed by atoms with Gasteiger partial charge in [0.05, 0.1) is 6.54 Å². The summed E-state index contributed by atoms with van der Waals surface area (Å²) >= 11 is 0. The molecule has 0 aliphatic heterocycles. The topological polar surface area (TPSA) is 54.2 Å². The van der Waals surface area contributed by atoms with E-state index in [2.05, 4.69) is 36.3 Å². The van der Waals surface area contributed by atoms with Gasteiger partial charge in [-0.2, -0.15) is 0 Å². The molecule has 1 heterocycles. The zero-order chi connectivity index (χ0) is 12.5. The Hall–Kier alpha value is -1.10. The third-order valence-electron chi connectivity index (χ3n) is 2.61. The van der Waals surface area contributed by atoms with Gasteiger partial charge in [0.15, 0.2) is 0 Å². The van der Waals surface area contributed by atoms with Gasteiger partial charge in [-0.05, 0) is 18.3 Å². The second-order valence-corrected chi connectivity index (χ2v) is 6.05. The van der Waals surface area contributed by atoms with Gasteiger partial charge in [-0.15, -0.1) is 5.10 Å². The number of rotatable bonds is 5. The summed E-state index contributed by atoms with van der Waals surface area (Å²) < 4.78 is 5.61. The molecule has 1 aromatic rings. The largest absolute Gasteiger partial charge is 0.407 e. The lowest BCUT2D eigenvalue weighted by Crippen LogP contribution is -2.29. The number of nitrogens with one attached hydrogen (secondary N) is 1. The fourth-order valence-electron chi connectivity index (χ4n) is 1.77. The van der Waals surface area contributed by atoms with Gasteiger partial charge < -0.3 is 14.6 Å². The van der Waals surface area contributed by atoms with Crippen LogP contribution in [-0.2, 0) is 6.54 Å². The van der Waals surface area contributed by atoms with Crippen LogP contribution in [0, 0.1) is 5.41 Å². The van der Waals surface area contributed by atoms with E-state index < -0.39 is 0 Å². The van der Waals surface area contributed by atoms with Gasteiger partial charge in [-0.25, -0.2) is 0 Å². The summed E-state index contributed by atoms with van der Waals surface area (Å²) in [5.74, 6) is 0.674. The van der Waals surface area contributed by atoms with Crippen LogP contribution in [0.4, 0.5) is 6.01 Å². The van der Waals surface area contributed by atoms with Gasteiger partial charge in [-0.1, -0.05) is 25.9 Å². The molecule has 0 spiro atoms. The Bertz CT molecular complexity index is 365. The van der Waals surface area contributed by atoms with Crippen molar-refractivity contribution < 1.29 is 4.42 Å². The molecule has 0 amide bonds. The van der Waals surface area contributed by atoms with Crippen molar-refractivity contribution in [2.45, 2.75) is 46.2 Å². The lowest BCUT2D eigenvalue weighted by atomic mass is 9.96. The molecule has 1 aliphatic carbocycles. The Kier molecular flexibility index (Phi) is 3.38. The van der Waals surface area contributed by atoms with Crippen molar-refractivity contribution in [3.8, 4) is 0 Å². The van der Waals surface area contributed by atoms with Crippen LogP contribution in [-0.4, -0.2) is 29.8 Å². The first-order valence-corrected chi connectivity index (χ1v) is 6.21. The zero-order valence-electron chi connectivity index (χ0n) is 11.2. The maximum atomic E-state index is 5.61. The lowest BCUT2D eigenvalue weighted by molar-refractivity contribution is 0.396. The fraction of sp³-hybridized carbons (Fsp3) is 0.833. The van der Waals surface area contributed by atoms with Gasteiger partial charge in [0, 0.05) is 19.6 Å². The highest BCUT2D eigenvalue weighted by molar-refractivity contribution is 5.22. The van der Waals surface area contributed by atoms with Crippen LogP contribution < -0.4 is 10.2 Å². The molecule has 5 nitrogen and oxygen atoms in total. The van der Waals surface area contributed by atoms with Gasteiger partial charge >= 0.3 is 6.01 Å². The first kappa shape index (κ1) is 12.4. The second kappa shape index (κ2) is 4.64. The van der Waals surface area contributed by atoms with E-state index in [0.717, 1.165) is 6.54 Å². The Labute approximate surface area is 103 Å². The highest BCUT2D eigenvalue weighted by Gasteiger charge is 2.22. The van der Waals surface area contributed by atoms with Crippen LogP contribution in [0.5, 0.6) is 0 Å². The summed E-state index contributed by atoms with van der Waals surface area (Å²) in [5, 5.41) is 11.5. The summed E-state index contributed by atoms with van der Waals surface area (Å²) in [7, 11) is 1.98. The van der Waals surface area contributed by atoms with Crippen LogP contribution >= 0.6 is 0 Å². The number of anilines is 1. The maximum absolute atomic E-state index is 5.61. The van der Waals surface area contributed by atoms with Gasteiger partial charge in [-0.3, -0.25) is 0 Å². The van der Waals surface area contributed by atoms with E-state index in [1.165, 1.54) is 12.8 Å². The van der Waals surface area contributed by atoms with Crippen LogP contribution in [0.15, 0.2) is 4.42 Å². The molecular formula is C12H22N4O. The SMILES string of the molecule is CN(CC(C)(C)C)c1nnc(CNC2CC2)o1. The normalized spacial score (nSPS) is 16.2. The number of aromatic nitrogens is 2. The molecule has 2 rings (SSSR count). The Morgan fingerprint density at radius 2 is 2.06 bits per heavy atom. The monoisotopic (exact) mass is 238 g/mol. The molecule has 0 radical (unpaired) electrons. The summed E-state index contributed by atoms with van der Waals surface area (Å²) in [6.45, 7) is 8.14. The predicted molar refractivity (Wildman–Crippen MR) is 66.9 cm³/mol. The molecule has 0 atom stereocenters. The molecule has 17 heavy (non-hydrogen) atoms. The minimum atomic E-state index is 0.218. The molecule has 0 saturated heterocycles. The fourth-order valence-corrected chi connectivity index (χ4v) is 1.77. The van der Waals surface area contributed by atoms with E-state index >= 15 is 0 Å². The molecule has 0 aromatic carbocycles. The van der Waals surface area contributed by atoms with E-state index in [0.29, 0.717) is 24.5 Å². The lowest BCUT2D eigenvalue weighted by Gasteiger charge is -2.24. The number of hydrogen-bond acceptors (Lipinski definition) is 5. The van der Waals surface area contributed by atoms with E-state index in [1.807, 2.05) is 11.9 Å². The van der Waals surface area contributed by atoms with Crippen LogP contribution in [0.2, 0.25) is 0 Å². The van der Waals surface area contributed by atoms with Crippen molar-refractivity contribution in [2.75, 3.05) is 18.5 Å². The molecule has 1 aliphatic rings. The molecule has 96 valence electrons. The summed E-state index contributed by atoms with van der Waals surface area (Å²) in [5.41, 5.74) is 0.218. The van der Waals surface area contributed by atoms with E-state index in [9.17, 15) is 0 Å². The van der Waals surface area contributed by atoms with E-state index in [1.54, 1.807) is 0 Å². The zero-order valence-corrected chi connectivity index (χ0v) is 11.2. The highest BCUT2D eigenvalue weighted by Crippen LogP contribution is 2.21. The quantitative estimate of drug-likeness (QED) is 0.847. The van der Waals surface area contributed by atoms with Crippen molar-refractivity contribution in [1.29, 1.82) is 0 Å².